The van der Waals surface area contributed by atoms with Crippen molar-refractivity contribution in [2.45, 2.75) is 12.5 Å². The van der Waals surface area contributed by atoms with E-state index < -0.39 is 0 Å². The van der Waals surface area contributed by atoms with Crippen LogP contribution >= 0.6 is 12.4 Å². The first-order valence-electron chi connectivity index (χ1n) is 3.96. The molecule has 0 bridgehead atoms. The Hall–Kier alpha value is -0.800. The van der Waals surface area contributed by atoms with Gasteiger partial charge in [-0.25, -0.2) is 4.39 Å². The molecule has 0 spiro atoms. The average molecular weight is 204 g/mol. The second-order valence-corrected chi connectivity index (χ2v) is 2.90. The minimum absolute atomic E-state index is 0. The number of rotatable bonds is 0. The fourth-order valence-electron chi connectivity index (χ4n) is 1.41. The number of ether oxygens (including phenoxy) is 1. The van der Waals surface area contributed by atoms with Crippen molar-refractivity contribution >= 4 is 12.4 Å². The van der Waals surface area contributed by atoms with Gasteiger partial charge in [-0.2, -0.15) is 0 Å². The SMILES string of the molecule is Cl.N[C@H]1CCOc2c(F)cccc21. The molecule has 1 aliphatic heterocycles. The predicted molar refractivity (Wildman–Crippen MR) is 50.7 cm³/mol. The highest BCUT2D eigenvalue weighted by Crippen LogP contribution is 2.32. The molecule has 72 valence electrons. The summed E-state index contributed by atoms with van der Waals surface area (Å²) in [6.07, 6.45) is 0.760. The summed E-state index contributed by atoms with van der Waals surface area (Å²) in [6.45, 7) is 0.509. The van der Waals surface area contributed by atoms with Crippen LogP contribution in [-0.4, -0.2) is 6.61 Å². The van der Waals surface area contributed by atoms with Crippen molar-refractivity contribution in [3.8, 4) is 5.75 Å². The molecule has 0 fully saturated rings. The first-order chi connectivity index (χ1) is 5.79. The van der Waals surface area contributed by atoms with Gasteiger partial charge in [-0.1, -0.05) is 12.1 Å². The molecule has 1 aromatic carbocycles. The van der Waals surface area contributed by atoms with Crippen molar-refractivity contribution in [1.29, 1.82) is 0 Å². The molecule has 0 amide bonds. The van der Waals surface area contributed by atoms with Gasteiger partial charge in [0.1, 0.15) is 0 Å². The number of halogens is 2. The van der Waals surface area contributed by atoms with Crippen molar-refractivity contribution in [3.63, 3.8) is 0 Å². The van der Waals surface area contributed by atoms with E-state index >= 15 is 0 Å². The number of para-hydroxylation sites is 1. The minimum Gasteiger partial charge on any atom is -0.490 e. The Morgan fingerprint density at radius 2 is 2.23 bits per heavy atom. The molecule has 2 N–H and O–H groups in total. The van der Waals surface area contributed by atoms with Crippen LogP contribution < -0.4 is 10.5 Å². The average Bonchev–Trinajstić information content (AvgIpc) is 2.07. The monoisotopic (exact) mass is 203 g/mol. The minimum atomic E-state index is -0.317. The highest BCUT2D eigenvalue weighted by Gasteiger charge is 2.20. The van der Waals surface area contributed by atoms with Crippen molar-refractivity contribution in [2.24, 2.45) is 5.73 Å². The molecule has 1 aliphatic rings. The van der Waals surface area contributed by atoms with Gasteiger partial charge < -0.3 is 10.5 Å². The summed E-state index contributed by atoms with van der Waals surface area (Å²) in [6, 6.07) is 4.77. The van der Waals surface area contributed by atoms with E-state index in [4.69, 9.17) is 10.5 Å². The van der Waals surface area contributed by atoms with E-state index in [-0.39, 0.29) is 24.3 Å². The van der Waals surface area contributed by atoms with Crippen molar-refractivity contribution < 1.29 is 9.13 Å². The largest absolute Gasteiger partial charge is 0.490 e. The highest BCUT2D eigenvalue weighted by atomic mass is 35.5. The quantitative estimate of drug-likeness (QED) is 0.700. The van der Waals surface area contributed by atoms with E-state index in [0.717, 1.165) is 12.0 Å². The molecule has 1 atom stereocenters. The molecule has 2 nitrogen and oxygen atoms in total. The van der Waals surface area contributed by atoms with Gasteiger partial charge in [0.05, 0.1) is 6.61 Å². The maximum Gasteiger partial charge on any atom is 0.165 e. The summed E-state index contributed by atoms with van der Waals surface area (Å²) < 4.78 is 18.2. The lowest BCUT2D eigenvalue weighted by atomic mass is 10.0. The van der Waals surface area contributed by atoms with E-state index in [1.165, 1.54) is 6.07 Å². The van der Waals surface area contributed by atoms with Crippen LogP contribution in [-0.2, 0) is 0 Å². The van der Waals surface area contributed by atoms with Crippen LogP contribution in [0.25, 0.3) is 0 Å². The van der Waals surface area contributed by atoms with Gasteiger partial charge in [0.2, 0.25) is 0 Å². The molecular formula is C9H11ClFNO. The van der Waals surface area contributed by atoms with E-state index in [1.807, 2.05) is 6.07 Å². The number of fused-ring (bicyclic) bond motifs is 1. The lowest BCUT2D eigenvalue weighted by Crippen LogP contribution is -2.21. The Morgan fingerprint density at radius 3 is 2.92 bits per heavy atom. The highest BCUT2D eigenvalue weighted by molar-refractivity contribution is 5.85. The van der Waals surface area contributed by atoms with Crippen LogP contribution in [0.5, 0.6) is 5.75 Å². The van der Waals surface area contributed by atoms with Crippen LogP contribution in [0, 0.1) is 5.82 Å². The van der Waals surface area contributed by atoms with Gasteiger partial charge in [0.15, 0.2) is 11.6 Å². The Labute approximate surface area is 82.3 Å². The number of benzene rings is 1. The molecule has 0 saturated heterocycles. The molecule has 0 saturated carbocycles. The second-order valence-electron chi connectivity index (χ2n) is 2.90. The Balaban J connectivity index is 0.000000845. The molecule has 0 radical (unpaired) electrons. The zero-order valence-corrected chi connectivity index (χ0v) is 7.81. The van der Waals surface area contributed by atoms with Crippen LogP contribution in [0.4, 0.5) is 4.39 Å². The van der Waals surface area contributed by atoms with Crippen LogP contribution in [0.1, 0.15) is 18.0 Å². The lowest BCUT2D eigenvalue weighted by Gasteiger charge is -2.22. The summed E-state index contributed by atoms with van der Waals surface area (Å²) in [7, 11) is 0. The van der Waals surface area contributed by atoms with E-state index in [9.17, 15) is 4.39 Å². The third kappa shape index (κ3) is 1.76. The zero-order chi connectivity index (χ0) is 8.55. The van der Waals surface area contributed by atoms with Crippen molar-refractivity contribution in [1.82, 2.24) is 0 Å². The fourth-order valence-corrected chi connectivity index (χ4v) is 1.41. The Morgan fingerprint density at radius 1 is 1.46 bits per heavy atom. The van der Waals surface area contributed by atoms with Gasteiger partial charge in [-0.15, -0.1) is 12.4 Å². The van der Waals surface area contributed by atoms with Crippen LogP contribution in [0.15, 0.2) is 18.2 Å². The molecule has 2 rings (SSSR count). The number of nitrogens with two attached hydrogens (primary N) is 1. The summed E-state index contributed by atoms with van der Waals surface area (Å²) in [5.41, 5.74) is 6.55. The number of hydrogen-bond acceptors (Lipinski definition) is 2. The van der Waals surface area contributed by atoms with Gasteiger partial charge in [-0.05, 0) is 6.07 Å². The zero-order valence-electron chi connectivity index (χ0n) is 7.00. The Kier molecular flexibility index (Phi) is 3.12. The molecule has 0 aliphatic carbocycles. The molecule has 13 heavy (non-hydrogen) atoms. The normalized spacial score (nSPS) is 19.7. The van der Waals surface area contributed by atoms with Gasteiger partial charge in [-0.3, -0.25) is 0 Å². The molecule has 0 aromatic heterocycles. The molecular weight excluding hydrogens is 193 g/mol. The predicted octanol–water partition coefficient (Wildman–Crippen LogP) is 2.03. The van der Waals surface area contributed by atoms with Gasteiger partial charge in [0, 0.05) is 18.0 Å². The molecule has 1 heterocycles. The third-order valence-corrected chi connectivity index (χ3v) is 2.07. The summed E-state index contributed by atoms with van der Waals surface area (Å²) in [5.74, 6) is 0.0129. The van der Waals surface area contributed by atoms with E-state index in [2.05, 4.69) is 0 Å². The maximum atomic E-state index is 13.1. The van der Waals surface area contributed by atoms with Crippen molar-refractivity contribution in [2.75, 3.05) is 6.61 Å². The molecule has 4 heteroatoms. The summed E-state index contributed by atoms with van der Waals surface area (Å²) in [4.78, 5) is 0. The Bertz CT molecular complexity index is 306. The fraction of sp³-hybridized carbons (Fsp3) is 0.333. The second kappa shape index (κ2) is 3.94. The van der Waals surface area contributed by atoms with Crippen molar-refractivity contribution in [3.05, 3.63) is 29.6 Å². The first kappa shape index (κ1) is 10.3. The summed E-state index contributed by atoms with van der Waals surface area (Å²) in [5, 5.41) is 0. The third-order valence-electron chi connectivity index (χ3n) is 2.07. The molecule has 0 unspecified atom stereocenters. The lowest BCUT2D eigenvalue weighted by molar-refractivity contribution is 0.255. The van der Waals surface area contributed by atoms with Gasteiger partial charge in [0.25, 0.3) is 0 Å². The smallest absolute Gasteiger partial charge is 0.165 e. The number of hydrogen-bond donors (Lipinski definition) is 1. The van der Waals surface area contributed by atoms with Gasteiger partial charge >= 0.3 is 0 Å². The van der Waals surface area contributed by atoms with Crippen LogP contribution in [0.2, 0.25) is 0 Å². The first-order valence-corrected chi connectivity index (χ1v) is 3.96. The molecule has 1 aromatic rings. The standard InChI is InChI=1S/C9H10FNO.ClH/c10-7-3-1-2-6-8(11)4-5-12-9(6)7;/h1-3,8H,4-5,11H2;1H/t8-;/m0./s1. The topological polar surface area (TPSA) is 35.2 Å². The van der Waals surface area contributed by atoms with Crippen LogP contribution in [0.3, 0.4) is 0 Å². The van der Waals surface area contributed by atoms with E-state index in [0.29, 0.717) is 12.4 Å². The summed E-state index contributed by atoms with van der Waals surface area (Å²) >= 11 is 0. The maximum absolute atomic E-state index is 13.1. The van der Waals surface area contributed by atoms with E-state index in [1.54, 1.807) is 6.07 Å².